The summed E-state index contributed by atoms with van der Waals surface area (Å²) in [5.74, 6) is 1.35. The Morgan fingerprint density at radius 1 is 1.22 bits per heavy atom. The lowest BCUT2D eigenvalue weighted by Gasteiger charge is -2.34. The van der Waals surface area contributed by atoms with Gasteiger partial charge in [-0.05, 0) is 65.1 Å². The maximum absolute atomic E-state index is 12.2. The lowest BCUT2D eigenvalue weighted by atomic mass is 9.78. The molecule has 1 aromatic rings. The number of carbonyl (C=O) groups excluding carboxylic acids is 1. The molecule has 3 heteroatoms. The summed E-state index contributed by atoms with van der Waals surface area (Å²) in [6.07, 6.45) is 3.63. The Kier molecular flexibility index (Phi) is 4.65. The SMILES string of the molecule is C[C@@H]1[C@H](C)CCC[C@@H]1NC(=O)c1ccc(I)cc1. The molecule has 0 radical (unpaired) electrons. The molecule has 1 amide bonds. The number of benzene rings is 1. The van der Waals surface area contributed by atoms with Crippen LogP contribution in [0.1, 0.15) is 43.5 Å². The number of halogens is 1. The third kappa shape index (κ3) is 3.25. The lowest BCUT2D eigenvalue weighted by molar-refractivity contribution is 0.0891. The van der Waals surface area contributed by atoms with E-state index in [1.165, 1.54) is 12.8 Å². The predicted molar refractivity (Wildman–Crippen MR) is 82.6 cm³/mol. The zero-order valence-corrected chi connectivity index (χ0v) is 13.1. The Balaban J connectivity index is 2.00. The van der Waals surface area contributed by atoms with E-state index in [1.54, 1.807) is 0 Å². The van der Waals surface area contributed by atoms with E-state index in [2.05, 4.69) is 41.8 Å². The second-order valence-electron chi connectivity index (χ2n) is 5.35. The van der Waals surface area contributed by atoms with Crippen molar-refractivity contribution in [2.24, 2.45) is 11.8 Å². The van der Waals surface area contributed by atoms with Crippen LogP contribution in [0.3, 0.4) is 0 Å². The third-order valence-corrected chi connectivity index (χ3v) is 4.85. The highest BCUT2D eigenvalue weighted by Gasteiger charge is 2.28. The van der Waals surface area contributed by atoms with E-state index in [0.29, 0.717) is 17.9 Å². The fraction of sp³-hybridized carbons (Fsp3) is 0.533. The molecule has 3 atom stereocenters. The highest BCUT2D eigenvalue weighted by atomic mass is 127. The van der Waals surface area contributed by atoms with E-state index in [4.69, 9.17) is 0 Å². The van der Waals surface area contributed by atoms with Crippen molar-refractivity contribution in [2.45, 2.75) is 39.2 Å². The van der Waals surface area contributed by atoms with Crippen LogP contribution < -0.4 is 5.32 Å². The van der Waals surface area contributed by atoms with Crippen molar-refractivity contribution >= 4 is 28.5 Å². The monoisotopic (exact) mass is 357 g/mol. The van der Waals surface area contributed by atoms with Crippen LogP contribution in [0.5, 0.6) is 0 Å². The van der Waals surface area contributed by atoms with E-state index in [1.807, 2.05) is 24.3 Å². The van der Waals surface area contributed by atoms with Gasteiger partial charge < -0.3 is 5.32 Å². The van der Waals surface area contributed by atoms with Gasteiger partial charge in [-0.3, -0.25) is 4.79 Å². The number of carbonyl (C=O) groups is 1. The smallest absolute Gasteiger partial charge is 0.251 e. The average molecular weight is 357 g/mol. The number of nitrogens with one attached hydrogen (secondary N) is 1. The van der Waals surface area contributed by atoms with Gasteiger partial charge >= 0.3 is 0 Å². The van der Waals surface area contributed by atoms with Crippen molar-refractivity contribution in [3.05, 3.63) is 33.4 Å². The Morgan fingerprint density at radius 3 is 2.56 bits per heavy atom. The first-order valence-corrected chi connectivity index (χ1v) is 7.72. The predicted octanol–water partition coefficient (Wildman–Crippen LogP) is 3.85. The van der Waals surface area contributed by atoms with E-state index in [9.17, 15) is 4.79 Å². The Hall–Kier alpha value is -0.580. The average Bonchev–Trinajstić information content (AvgIpc) is 2.36. The van der Waals surface area contributed by atoms with Gasteiger partial charge in [-0.15, -0.1) is 0 Å². The van der Waals surface area contributed by atoms with Crippen LogP contribution in [0.15, 0.2) is 24.3 Å². The molecule has 1 N–H and O–H groups in total. The van der Waals surface area contributed by atoms with Crippen LogP contribution in [0, 0.1) is 15.4 Å². The first kappa shape index (κ1) is 13.8. The molecule has 1 saturated carbocycles. The Bertz CT molecular complexity index is 415. The van der Waals surface area contributed by atoms with Crippen molar-refractivity contribution in [1.29, 1.82) is 0 Å². The van der Waals surface area contributed by atoms with Gasteiger partial charge in [0.2, 0.25) is 0 Å². The van der Waals surface area contributed by atoms with Gasteiger partial charge in [0.25, 0.3) is 5.91 Å². The molecular weight excluding hydrogens is 337 g/mol. The quantitative estimate of drug-likeness (QED) is 0.801. The lowest BCUT2D eigenvalue weighted by Crippen LogP contribution is -2.43. The van der Waals surface area contributed by atoms with Crippen LogP contribution in [0.2, 0.25) is 0 Å². The molecule has 0 aliphatic heterocycles. The van der Waals surface area contributed by atoms with Crippen molar-refractivity contribution in [2.75, 3.05) is 0 Å². The zero-order chi connectivity index (χ0) is 13.1. The van der Waals surface area contributed by atoms with Crippen LogP contribution in [0.25, 0.3) is 0 Å². The molecule has 98 valence electrons. The van der Waals surface area contributed by atoms with Gasteiger partial charge in [0, 0.05) is 15.2 Å². The number of hydrogen-bond donors (Lipinski definition) is 1. The van der Waals surface area contributed by atoms with Gasteiger partial charge in [-0.1, -0.05) is 26.7 Å². The molecule has 0 heterocycles. The number of rotatable bonds is 2. The third-order valence-electron chi connectivity index (χ3n) is 4.13. The first-order chi connectivity index (χ1) is 8.58. The molecule has 1 aliphatic carbocycles. The van der Waals surface area contributed by atoms with E-state index in [-0.39, 0.29) is 5.91 Å². The summed E-state index contributed by atoms with van der Waals surface area (Å²) in [6.45, 7) is 4.54. The standard InChI is InChI=1S/C15H20INO/c1-10-4-3-5-14(11(10)2)17-15(18)12-6-8-13(16)9-7-12/h6-11,14H,3-5H2,1-2H3,(H,17,18)/t10-,11-,14+/m1/s1. The van der Waals surface area contributed by atoms with E-state index >= 15 is 0 Å². The van der Waals surface area contributed by atoms with Gasteiger partial charge in [-0.25, -0.2) is 0 Å². The first-order valence-electron chi connectivity index (χ1n) is 6.64. The van der Waals surface area contributed by atoms with Crippen LogP contribution in [-0.2, 0) is 0 Å². The largest absolute Gasteiger partial charge is 0.349 e. The summed E-state index contributed by atoms with van der Waals surface area (Å²) in [5, 5.41) is 3.19. The molecule has 0 aromatic heterocycles. The molecule has 0 spiro atoms. The van der Waals surface area contributed by atoms with E-state index in [0.717, 1.165) is 15.6 Å². The van der Waals surface area contributed by atoms with Gasteiger partial charge in [0.1, 0.15) is 0 Å². The summed E-state index contributed by atoms with van der Waals surface area (Å²) < 4.78 is 1.16. The minimum atomic E-state index is 0.0670. The summed E-state index contributed by atoms with van der Waals surface area (Å²) in [6, 6.07) is 8.08. The summed E-state index contributed by atoms with van der Waals surface area (Å²) >= 11 is 2.25. The fourth-order valence-corrected chi connectivity index (χ4v) is 3.00. The topological polar surface area (TPSA) is 29.1 Å². The van der Waals surface area contributed by atoms with Crippen molar-refractivity contribution in [3.63, 3.8) is 0 Å². The van der Waals surface area contributed by atoms with Gasteiger partial charge in [-0.2, -0.15) is 0 Å². The minimum Gasteiger partial charge on any atom is -0.349 e. The van der Waals surface area contributed by atoms with Crippen molar-refractivity contribution < 1.29 is 4.79 Å². The second-order valence-corrected chi connectivity index (χ2v) is 6.60. The molecule has 0 saturated heterocycles. The number of hydrogen-bond acceptors (Lipinski definition) is 1. The highest BCUT2D eigenvalue weighted by molar-refractivity contribution is 14.1. The molecule has 0 bridgehead atoms. The summed E-state index contributed by atoms with van der Waals surface area (Å²) in [7, 11) is 0. The van der Waals surface area contributed by atoms with Crippen LogP contribution in [0.4, 0.5) is 0 Å². The molecule has 1 aromatic carbocycles. The molecule has 2 rings (SSSR count). The molecule has 18 heavy (non-hydrogen) atoms. The molecular formula is C15H20INO. The maximum Gasteiger partial charge on any atom is 0.251 e. The Labute approximate surface area is 123 Å². The van der Waals surface area contributed by atoms with Gasteiger partial charge in [0.15, 0.2) is 0 Å². The molecule has 0 unspecified atom stereocenters. The zero-order valence-electron chi connectivity index (χ0n) is 10.9. The van der Waals surface area contributed by atoms with Crippen molar-refractivity contribution in [1.82, 2.24) is 5.32 Å². The highest BCUT2D eigenvalue weighted by Crippen LogP contribution is 2.29. The van der Waals surface area contributed by atoms with E-state index < -0.39 is 0 Å². The second kappa shape index (κ2) is 6.04. The molecule has 1 aliphatic rings. The minimum absolute atomic E-state index is 0.0670. The summed E-state index contributed by atoms with van der Waals surface area (Å²) in [4.78, 5) is 12.2. The van der Waals surface area contributed by atoms with Crippen LogP contribution >= 0.6 is 22.6 Å². The van der Waals surface area contributed by atoms with Crippen LogP contribution in [-0.4, -0.2) is 11.9 Å². The van der Waals surface area contributed by atoms with Crippen molar-refractivity contribution in [3.8, 4) is 0 Å². The fourth-order valence-electron chi connectivity index (χ4n) is 2.64. The number of amides is 1. The Morgan fingerprint density at radius 2 is 1.89 bits per heavy atom. The molecule has 2 nitrogen and oxygen atoms in total. The molecule has 1 fully saturated rings. The summed E-state index contributed by atoms with van der Waals surface area (Å²) in [5.41, 5.74) is 0.765. The maximum atomic E-state index is 12.2. The normalized spacial score (nSPS) is 27.8. The van der Waals surface area contributed by atoms with Gasteiger partial charge in [0.05, 0.1) is 0 Å².